The summed E-state index contributed by atoms with van der Waals surface area (Å²) in [5, 5.41) is 9.68. The van der Waals surface area contributed by atoms with Crippen molar-refractivity contribution in [2.24, 2.45) is 0 Å². The third-order valence-electron chi connectivity index (χ3n) is 2.17. The lowest BCUT2D eigenvalue weighted by Gasteiger charge is -2.07. The van der Waals surface area contributed by atoms with Crippen LogP contribution in [0.2, 0.25) is 0 Å². The van der Waals surface area contributed by atoms with Gasteiger partial charge in [-0.3, -0.25) is 0 Å². The van der Waals surface area contributed by atoms with Crippen LogP contribution in [0.4, 0.5) is 8.78 Å². The van der Waals surface area contributed by atoms with E-state index in [1.165, 1.54) is 36.4 Å². The number of hydrogen-bond donors (Lipinski definition) is 1. The molecule has 1 N–H and O–H groups in total. The first-order valence-corrected chi connectivity index (χ1v) is 5.05. The highest BCUT2D eigenvalue weighted by Gasteiger charge is 2.04. The topological polar surface area (TPSA) is 20.2 Å². The second kappa shape index (κ2) is 6.18. The Morgan fingerprint density at radius 2 is 2.00 bits per heavy atom. The highest BCUT2D eigenvalue weighted by atomic mass is 19.1. The Balaban J connectivity index is 2.56. The fourth-order valence-electron chi connectivity index (χ4n) is 1.23. The van der Waals surface area contributed by atoms with Crippen LogP contribution in [0.15, 0.2) is 48.3 Å². The van der Waals surface area contributed by atoms with Crippen molar-refractivity contribution in [1.29, 1.82) is 0 Å². The maximum atomic E-state index is 12.7. The van der Waals surface area contributed by atoms with Crippen LogP contribution in [0.25, 0.3) is 0 Å². The SMILES string of the molecule is C/C=C(F)\C=C/CC(O)c1ccc(F)cc1. The number of aliphatic hydroxyl groups is 1. The van der Waals surface area contributed by atoms with Gasteiger partial charge in [-0.1, -0.05) is 24.3 Å². The van der Waals surface area contributed by atoms with Crippen molar-refractivity contribution < 1.29 is 13.9 Å². The minimum absolute atomic E-state index is 0.299. The van der Waals surface area contributed by atoms with Crippen LogP contribution in [0.1, 0.15) is 25.0 Å². The highest BCUT2D eigenvalue weighted by molar-refractivity contribution is 5.19. The van der Waals surface area contributed by atoms with Gasteiger partial charge in [0.05, 0.1) is 6.10 Å². The smallest absolute Gasteiger partial charge is 0.123 e. The average molecular weight is 224 g/mol. The number of rotatable bonds is 4. The van der Waals surface area contributed by atoms with Crippen LogP contribution in [0.3, 0.4) is 0 Å². The first kappa shape index (κ1) is 12.6. The molecule has 1 aromatic carbocycles. The van der Waals surface area contributed by atoms with Gasteiger partial charge < -0.3 is 5.11 Å². The highest BCUT2D eigenvalue weighted by Crippen LogP contribution is 2.17. The fourth-order valence-corrected chi connectivity index (χ4v) is 1.23. The molecule has 1 aromatic rings. The van der Waals surface area contributed by atoms with Crippen LogP contribution in [-0.2, 0) is 0 Å². The lowest BCUT2D eigenvalue weighted by Crippen LogP contribution is -1.95. The van der Waals surface area contributed by atoms with Crippen LogP contribution in [0, 0.1) is 5.82 Å². The van der Waals surface area contributed by atoms with Crippen LogP contribution < -0.4 is 0 Å². The average Bonchev–Trinajstić information content (AvgIpc) is 2.29. The molecule has 1 unspecified atom stereocenters. The lowest BCUT2D eigenvalue weighted by molar-refractivity contribution is 0.181. The molecule has 0 heterocycles. The summed E-state index contributed by atoms with van der Waals surface area (Å²) in [6, 6.07) is 5.60. The maximum absolute atomic E-state index is 12.7. The molecule has 0 amide bonds. The molecule has 0 aliphatic carbocycles. The van der Waals surface area contributed by atoms with Crippen molar-refractivity contribution in [3.63, 3.8) is 0 Å². The standard InChI is InChI=1S/C13H14F2O/c1-2-11(14)4-3-5-13(16)10-6-8-12(15)9-7-10/h2-4,6-9,13,16H,5H2,1H3/b4-3-,11-2+. The van der Waals surface area contributed by atoms with Gasteiger partial charge in [0.2, 0.25) is 0 Å². The van der Waals surface area contributed by atoms with Gasteiger partial charge in [-0.15, -0.1) is 0 Å². The van der Waals surface area contributed by atoms with Crippen molar-refractivity contribution in [3.8, 4) is 0 Å². The Kier molecular flexibility index (Phi) is 4.86. The van der Waals surface area contributed by atoms with Gasteiger partial charge in [0.15, 0.2) is 0 Å². The second-order valence-electron chi connectivity index (χ2n) is 3.38. The molecule has 3 heteroatoms. The second-order valence-corrected chi connectivity index (χ2v) is 3.38. The number of allylic oxidation sites excluding steroid dienone is 3. The minimum Gasteiger partial charge on any atom is -0.388 e. The van der Waals surface area contributed by atoms with Crippen LogP contribution in [-0.4, -0.2) is 5.11 Å². The molecule has 16 heavy (non-hydrogen) atoms. The molecule has 0 aromatic heterocycles. The Bertz CT molecular complexity index is 379. The monoisotopic (exact) mass is 224 g/mol. The van der Waals surface area contributed by atoms with E-state index in [9.17, 15) is 13.9 Å². The quantitative estimate of drug-likeness (QED) is 0.773. The van der Waals surface area contributed by atoms with E-state index >= 15 is 0 Å². The lowest BCUT2D eigenvalue weighted by atomic mass is 10.1. The summed E-state index contributed by atoms with van der Waals surface area (Å²) in [6.45, 7) is 1.59. The number of aliphatic hydroxyl groups excluding tert-OH is 1. The minimum atomic E-state index is -0.735. The summed E-state index contributed by atoms with van der Waals surface area (Å²) >= 11 is 0. The molecular formula is C13H14F2O. The zero-order valence-corrected chi connectivity index (χ0v) is 9.03. The van der Waals surface area contributed by atoms with Gasteiger partial charge in [0.1, 0.15) is 11.6 Å². The summed E-state index contributed by atoms with van der Waals surface area (Å²) in [5.74, 6) is -0.683. The van der Waals surface area contributed by atoms with E-state index in [0.29, 0.717) is 12.0 Å². The predicted molar refractivity (Wildman–Crippen MR) is 60.0 cm³/mol. The predicted octanol–water partition coefficient (Wildman–Crippen LogP) is 3.68. The number of halogens is 2. The number of benzene rings is 1. The van der Waals surface area contributed by atoms with Crippen molar-refractivity contribution in [1.82, 2.24) is 0 Å². The van der Waals surface area contributed by atoms with Gasteiger partial charge in [0.25, 0.3) is 0 Å². The first-order chi connectivity index (χ1) is 7.63. The van der Waals surface area contributed by atoms with Gasteiger partial charge in [-0.05, 0) is 37.1 Å². The fraction of sp³-hybridized carbons (Fsp3) is 0.231. The Morgan fingerprint density at radius 3 is 2.56 bits per heavy atom. The largest absolute Gasteiger partial charge is 0.388 e. The molecule has 0 aliphatic rings. The summed E-state index contributed by atoms with van der Waals surface area (Å²) < 4.78 is 25.3. The first-order valence-electron chi connectivity index (χ1n) is 5.05. The maximum Gasteiger partial charge on any atom is 0.123 e. The zero-order chi connectivity index (χ0) is 12.0. The van der Waals surface area contributed by atoms with Crippen molar-refractivity contribution in [2.45, 2.75) is 19.4 Å². The van der Waals surface area contributed by atoms with E-state index in [1.807, 2.05) is 0 Å². The van der Waals surface area contributed by atoms with E-state index in [0.717, 1.165) is 0 Å². The molecular weight excluding hydrogens is 210 g/mol. The normalized spacial score (nSPS) is 14.4. The summed E-state index contributed by atoms with van der Waals surface area (Å²) in [5.41, 5.74) is 0.618. The molecule has 0 bridgehead atoms. The van der Waals surface area contributed by atoms with E-state index in [2.05, 4.69) is 0 Å². The zero-order valence-electron chi connectivity index (χ0n) is 9.03. The van der Waals surface area contributed by atoms with E-state index in [-0.39, 0.29) is 11.6 Å². The number of hydrogen-bond acceptors (Lipinski definition) is 1. The van der Waals surface area contributed by atoms with Crippen molar-refractivity contribution in [2.75, 3.05) is 0 Å². The van der Waals surface area contributed by atoms with Crippen LogP contribution in [0.5, 0.6) is 0 Å². The molecule has 0 saturated carbocycles. The molecule has 0 aliphatic heterocycles. The van der Waals surface area contributed by atoms with Gasteiger partial charge >= 0.3 is 0 Å². The molecule has 1 nitrogen and oxygen atoms in total. The van der Waals surface area contributed by atoms with E-state index in [1.54, 1.807) is 13.0 Å². The third-order valence-corrected chi connectivity index (χ3v) is 2.17. The molecule has 0 saturated heterocycles. The Hall–Kier alpha value is -1.48. The van der Waals surface area contributed by atoms with Crippen molar-refractivity contribution >= 4 is 0 Å². The molecule has 1 atom stereocenters. The Morgan fingerprint density at radius 1 is 1.38 bits per heavy atom. The van der Waals surface area contributed by atoms with E-state index in [4.69, 9.17) is 0 Å². The molecule has 0 spiro atoms. The molecule has 0 fully saturated rings. The van der Waals surface area contributed by atoms with Crippen LogP contribution >= 0.6 is 0 Å². The Labute approximate surface area is 93.7 Å². The van der Waals surface area contributed by atoms with E-state index < -0.39 is 6.10 Å². The molecule has 0 radical (unpaired) electrons. The van der Waals surface area contributed by atoms with Gasteiger partial charge in [-0.2, -0.15) is 0 Å². The van der Waals surface area contributed by atoms with Crippen molar-refractivity contribution in [3.05, 3.63) is 59.7 Å². The molecule has 86 valence electrons. The molecule has 1 rings (SSSR count). The summed E-state index contributed by atoms with van der Waals surface area (Å²) in [4.78, 5) is 0. The van der Waals surface area contributed by atoms with Gasteiger partial charge in [0, 0.05) is 0 Å². The summed E-state index contributed by atoms with van der Waals surface area (Å²) in [6.07, 6.45) is 3.74. The third kappa shape index (κ3) is 3.95. The summed E-state index contributed by atoms with van der Waals surface area (Å²) in [7, 11) is 0. The van der Waals surface area contributed by atoms with Gasteiger partial charge in [-0.25, -0.2) is 8.78 Å².